The summed E-state index contributed by atoms with van der Waals surface area (Å²) in [5.41, 5.74) is 0.519. The summed E-state index contributed by atoms with van der Waals surface area (Å²) in [6.07, 6.45) is -4.48. The van der Waals surface area contributed by atoms with E-state index >= 15 is 0 Å². The zero-order valence-corrected chi connectivity index (χ0v) is 9.36. The number of para-hydroxylation sites is 1. The third-order valence-electron chi connectivity index (χ3n) is 2.26. The maximum Gasteiger partial charge on any atom is 0.265 e. The van der Waals surface area contributed by atoms with Crippen LogP contribution in [0.3, 0.4) is 0 Å². The molecule has 0 saturated carbocycles. The summed E-state index contributed by atoms with van der Waals surface area (Å²) in [5, 5.41) is 21.2. The molecular formula is C11H15F2NO3. The summed E-state index contributed by atoms with van der Waals surface area (Å²) in [7, 11) is 1.42. The third kappa shape index (κ3) is 3.83. The number of aliphatic hydroxyl groups is 1. The van der Waals surface area contributed by atoms with Gasteiger partial charge in [-0.15, -0.1) is 0 Å². The van der Waals surface area contributed by atoms with E-state index in [1.807, 2.05) is 0 Å². The average molecular weight is 247 g/mol. The predicted molar refractivity (Wildman–Crippen MR) is 58.4 cm³/mol. The van der Waals surface area contributed by atoms with Crippen LogP contribution in [-0.2, 0) is 6.54 Å². The highest BCUT2D eigenvalue weighted by molar-refractivity contribution is 5.45. The second kappa shape index (κ2) is 6.36. The summed E-state index contributed by atoms with van der Waals surface area (Å²) in [6.45, 7) is -0.0683. The van der Waals surface area contributed by atoms with Crippen molar-refractivity contribution in [3.63, 3.8) is 0 Å². The van der Waals surface area contributed by atoms with E-state index in [9.17, 15) is 13.9 Å². The molecule has 1 aromatic rings. The van der Waals surface area contributed by atoms with Gasteiger partial charge < -0.3 is 20.3 Å². The molecule has 4 nitrogen and oxygen atoms in total. The maximum absolute atomic E-state index is 12.0. The van der Waals surface area contributed by atoms with E-state index in [1.54, 1.807) is 18.2 Å². The Morgan fingerprint density at radius 3 is 2.71 bits per heavy atom. The van der Waals surface area contributed by atoms with Gasteiger partial charge in [0.05, 0.1) is 7.11 Å². The topological polar surface area (TPSA) is 61.7 Å². The fraction of sp³-hybridized carbons (Fsp3) is 0.455. The lowest BCUT2D eigenvalue weighted by molar-refractivity contribution is -0.00342. The lowest BCUT2D eigenvalue weighted by atomic mass is 10.2. The van der Waals surface area contributed by atoms with Gasteiger partial charge in [-0.05, 0) is 6.07 Å². The minimum absolute atomic E-state index is 0.0333. The smallest absolute Gasteiger partial charge is 0.265 e. The molecule has 0 heterocycles. The number of nitrogens with one attached hydrogen (secondary N) is 1. The van der Waals surface area contributed by atoms with Gasteiger partial charge in [0.1, 0.15) is 6.10 Å². The molecule has 6 heteroatoms. The van der Waals surface area contributed by atoms with Gasteiger partial charge in [-0.2, -0.15) is 0 Å². The number of alkyl halides is 2. The monoisotopic (exact) mass is 247 g/mol. The number of methoxy groups -OCH3 is 1. The van der Waals surface area contributed by atoms with E-state index in [4.69, 9.17) is 9.84 Å². The Kier molecular flexibility index (Phi) is 5.11. The van der Waals surface area contributed by atoms with Crippen LogP contribution in [0.2, 0.25) is 0 Å². The molecule has 0 aliphatic carbocycles. The molecule has 0 aromatic heterocycles. The Morgan fingerprint density at radius 1 is 1.41 bits per heavy atom. The van der Waals surface area contributed by atoms with Gasteiger partial charge in [0.15, 0.2) is 11.5 Å². The second-order valence-corrected chi connectivity index (χ2v) is 3.50. The first-order chi connectivity index (χ1) is 8.06. The summed E-state index contributed by atoms with van der Waals surface area (Å²) in [5.74, 6) is 0.285. The van der Waals surface area contributed by atoms with Crippen LogP contribution < -0.4 is 10.1 Å². The van der Waals surface area contributed by atoms with E-state index < -0.39 is 12.5 Å². The molecule has 3 N–H and O–H groups in total. The average Bonchev–Trinajstić information content (AvgIpc) is 2.31. The molecule has 0 aliphatic heterocycles. The van der Waals surface area contributed by atoms with E-state index in [-0.39, 0.29) is 18.8 Å². The Bertz CT molecular complexity index is 361. The summed E-state index contributed by atoms with van der Waals surface area (Å²) < 4.78 is 28.9. The molecule has 0 amide bonds. The van der Waals surface area contributed by atoms with Crippen LogP contribution in [0.1, 0.15) is 5.56 Å². The normalized spacial score (nSPS) is 12.8. The SMILES string of the molecule is COc1cccc(CNCC(O)C(F)F)c1O. The molecule has 0 radical (unpaired) electrons. The van der Waals surface area contributed by atoms with Gasteiger partial charge in [-0.1, -0.05) is 12.1 Å². The van der Waals surface area contributed by atoms with Gasteiger partial charge in [-0.25, -0.2) is 8.78 Å². The van der Waals surface area contributed by atoms with E-state index in [0.29, 0.717) is 11.3 Å². The molecule has 1 atom stereocenters. The van der Waals surface area contributed by atoms with Crippen LogP contribution in [0.5, 0.6) is 11.5 Å². The first-order valence-corrected chi connectivity index (χ1v) is 5.08. The number of rotatable bonds is 6. The van der Waals surface area contributed by atoms with Crippen molar-refractivity contribution in [2.75, 3.05) is 13.7 Å². The molecule has 96 valence electrons. The zero-order valence-electron chi connectivity index (χ0n) is 9.36. The molecular weight excluding hydrogens is 232 g/mol. The van der Waals surface area contributed by atoms with Crippen LogP contribution in [0.25, 0.3) is 0 Å². The van der Waals surface area contributed by atoms with Crippen molar-refractivity contribution in [2.24, 2.45) is 0 Å². The molecule has 1 unspecified atom stereocenters. The summed E-state index contributed by atoms with van der Waals surface area (Å²) in [6, 6.07) is 4.91. The minimum Gasteiger partial charge on any atom is -0.504 e. The Labute approximate surface area is 97.8 Å². The van der Waals surface area contributed by atoms with Crippen LogP contribution in [0, 0.1) is 0 Å². The van der Waals surface area contributed by atoms with Crippen LogP contribution >= 0.6 is 0 Å². The number of phenols is 1. The molecule has 1 aromatic carbocycles. The van der Waals surface area contributed by atoms with Crippen molar-refractivity contribution >= 4 is 0 Å². The Hall–Kier alpha value is -1.40. The highest BCUT2D eigenvalue weighted by atomic mass is 19.3. The van der Waals surface area contributed by atoms with Crippen molar-refractivity contribution in [1.29, 1.82) is 0 Å². The number of hydrogen-bond donors (Lipinski definition) is 3. The molecule has 0 aliphatic rings. The summed E-state index contributed by atoms with van der Waals surface area (Å²) >= 11 is 0. The van der Waals surface area contributed by atoms with E-state index in [0.717, 1.165) is 0 Å². The highest BCUT2D eigenvalue weighted by Gasteiger charge is 2.16. The fourth-order valence-corrected chi connectivity index (χ4v) is 1.32. The second-order valence-electron chi connectivity index (χ2n) is 3.50. The van der Waals surface area contributed by atoms with Gasteiger partial charge in [-0.3, -0.25) is 0 Å². The lowest BCUT2D eigenvalue weighted by Gasteiger charge is -2.12. The molecule has 0 fully saturated rings. The lowest BCUT2D eigenvalue weighted by Crippen LogP contribution is -2.31. The first kappa shape index (κ1) is 13.7. The third-order valence-corrected chi connectivity index (χ3v) is 2.26. The summed E-state index contributed by atoms with van der Waals surface area (Å²) in [4.78, 5) is 0. The Balaban J connectivity index is 2.52. The fourth-order valence-electron chi connectivity index (χ4n) is 1.32. The van der Waals surface area contributed by atoms with Gasteiger partial charge in [0, 0.05) is 18.7 Å². The number of hydrogen-bond acceptors (Lipinski definition) is 4. The number of benzene rings is 1. The Morgan fingerprint density at radius 2 is 2.12 bits per heavy atom. The largest absolute Gasteiger partial charge is 0.504 e. The van der Waals surface area contributed by atoms with Gasteiger partial charge >= 0.3 is 0 Å². The van der Waals surface area contributed by atoms with Crippen molar-refractivity contribution in [1.82, 2.24) is 5.32 Å². The maximum atomic E-state index is 12.0. The zero-order chi connectivity index (χ0) is 12.8. The number of halogens is 2. The minimum atomic E-state index is -2.78. The van der Waals surface area contributed by atoms with Crippen LogP contribution in [0.4, 0.5) is 8.78 Å². The molecule has 17 heavy (non-hydrogen) atoms. The number of phenolic OH excluding ortho intramolecular Hbond substituents is 1. The molecule has 0 saturated heterocycles. The van der Waals surface area contributed by atoms with Crippen molar-refractivity contribution in [2.45, 2.75) is 19.1 Å². The van der Waals surface area contributed by atoms with Crippen LogP contribution in [0.15, 0.2) is 18.2 Å². The molecule has 0 spiro atoms. The molecule has 1 rings (SSSR count). The van der Waals surface area contributed by atoms with E-state index in [2.05, 4.69) is 5.32 Å². The van der Waals surface area contributed by atoms with Gasteiger partial charge in [0.2, 0.25) is 0 Å². The van der Waals surface area contributed by atoms with Crippen molar-refractivity contribution in [3.8, 4) is 11.5 Å². The number of aromatic hydroxyl groups is 1. The highest BCUT2D eigenvalue weighted by Crippen LogP contribution is 2.28. The standard InChI is InChI=1S/C11H15F2NO3/c1-17-9-4-2-3-7(10(9)16)5-14-6-8(15)11(12)13/h2-4,8,11,14-16H,5-6H2,1H3. The van der Waals surface area contributed by atoms with Crippen molar-refractivity contribution < 1.29 is 23.7 Å². The van der Waals surface area contributed by atoms with E-state index in [1.165, 1.54) is 7.11 Å². The van der Waals surface area contributed by atoms with Crippen LogP contribution in [-0.4, -0.2) is 36.4 Å². The van der Waals surface area contributed by atoms with Gasteiger partial charge in [0.25, 0.3) is 6.43 Å². The molecule has 0 bridgehead atoms. The number of aliphatic hydroxyl groups excluding tert-OH is 1. The number of ether oxygens (including phenoxy) is 1. The first-order valence-electron chi connectivity index (χ1n) is 5.08. The predicted octanol–water partition coefficient (Wildman–Crippen LogP) is 1.12. The van der Waals surface area contributed by atoms with Crippen molar-refractivity contribution in [3.05, 3.63) is 23.8 Å². The quantitative estimate of drug-likeness (QED) is 0.705.